The van der Waals surface area contributed by atoms with Crippen LogP contribution in [0.3, 0.4) is 0 Å². The summed E-state index contributed by atoms with van der Waals surface area (Å²) in [6.07, 6.45) is 1.43. The van der Waals surface area contributed by atoms with E-state index in [4.69, 9.17) is 16.3 Å². The Kier molecular flexibility index (Phi) is 5.86. The molecule has 0 radical (unpaired) electrons. The molecule has 4 amide bonds. The van der Waals surface area contributed by atoms with Crippen molar-refractivity contribution in [3.63, 3.8) is 0 Å². The smallest absolute Gasteiger partial charge is 0.335 e. The molecule has 0 saturated carbocycles. The fourth-order valence-electron chi connectivity index (χ4n) is 2.63. The fourth-order valence-corrected chi connectivity index (χ4v) is 3.30. The number of barbiturate groups is 1. The van der Waals surface area contributed by atoms with Crippen molar-refractivity contribution in [2.75, 3.05) is 4.90 Å². The molecule has 0 unspecified atom stereocenters. The summed E-state index contributed by atoms with van der Waals surface area (Å²) in [4.78, 5) is 38.2. The van der Waals surface area contributed by atoms with E-state index in [1.807, 2.05) is 13.8 Å². The Bertz CT molecular complexity index is 1000. The average Bonchev–Trinajstić information content (AvgIpc) is 2.60. The second kappa shape index (κ2) is 8.16. The van der Waals surface area contributed by atoms with Crippen molar-refractivity contribution in [3.8, 4) is 5.75 Å². The number of urea groups is 1. The maximum absolute atomic E-state index is 12.9. The number of halogens is 2. The number of ether oxygens (including phenoxy) is 1. The van der Waals surface area contributed by atoms with E-state index in [0.717, 1.165) is 4.90 Å². The van der Waals surface area contributed by atoms with Crippen LogP contribution in [0.2, 0.25) is 5.02 Å². The van der Waals surface area contributed by atoms with Gasteiger partial charge in [-0.3, -0.25) is 14.9 Å². The van der Waals surface area contributed by atoms with E-state index < -0.39 is 17.8 Å². The summed E-state index contributed by atoms with van der Waals surface area (Å²) in [6.45, 7) is 3.82. The molecule has 1 fully saturated rings. The minimum absolute atomic E-state index is 0.00321. The number of anilines is 1. The topological polar surface area (TPSA) is 75.7 Å². The number of hydrogen-bond donors (Lipinski definition) is 1. The number of benzene rings is 2. The fraction of sp³-hybridized carbons (Fsp3) is 0.150. The zero-order valence-electron chi connectivity index (χ0n) is 15.0. The summed E-state index contributed by atoms with van der Waals surface area (Å²) in [6, 6.07) is 10.6. The van der Waals surface area contributed by atoms with Crippen molar-refractivity contribution in [2.24, 2.45) is 0 Å². The van der Waals surface area contributed by atoms with Crippen LogP contribution in [0.15, 0.2) is 52.5 Å². The maximum atomic E-state index is 12.9. The number of nitrogens with zero attached hydrogens (tertiary/aromatic N) is 1. The third-order valence-corrected chi connectivity index (χ3v) is 4.65. The molecule has 1 aliphatic rings. The van der Waals surface area contributed by atoms with Crippen LogP contribution in [0.1, 0.15) is 19.4 Å². The second-order valence-electron chi connectivity index (χ2n) is 6.29. The zero-order chi connectivity index (χ0) is 20.4. The van der Waals surface area contributed by atoms with Gasteiger partial charge in [-0.1, -0.05) is 23.7 Å². The number of amides is 4. The third-order valence-electron chi connectivity index (χ3n) is 3.80. The van der Waals surface area contributed by atoms with Gasteiger partial charge in [-0.05, 0) is 71.7 Å². The van der Waals surface area contributed by atoms with Crippen molar-refractivity contribution in [1.82, 2.24) is 5.32 Å². The van der Waals surface area contributed by atoms with Crippen LogP contribution in [0.5, 0.6) is 5.75 Å². The lowest BCUT2D eigenvalue weighted by atomic mass is 10.1. The van der Waals surface area contributed by atoms with Crippen molar-refractivity contribution >= 4 is 57.1 Å². The normalized spacial score (nSPS) is 16.0. The number of hydrogen-bond acceptors (Lipinski definition) is 4. The SMILES string of the molecule is CC(C)Oc1ccc(/C=C2\C(=O)NC(=O)N(c3cccc(Cl)c3)C2=O)cc1Br. The summed E-state index contributed by atoms with van der Waals surface area (Å²) in [7, 11) is 0. The predicted octanol–water partition coefficient (Wildman–Crippen LogP) is 4.56. The minimum Gasteiger partial charge on any atom is -0.490 e. The van der Waals surface area contributed by atoms with Crippen LogP contribution in [-0.4, -0.2) is 23.9 Å². The molecule has 2 aromatic rings. The molecule has 2 aromatic carbocycles. The highest BCUT2D eigenvalue weighted by Gasteiger charge is 2.36. The lowest BCUT2D eigenvalue weighted by Gasteiger charge is -2.26. The molecule has 0 aromatic heterocycles. The van der Waals surface area contributed by atoms with E-state index in [2.05, 4.69) is 21.2 Å². The van der Waals surface area contributed by atoms with Gasteiger partial charge in [0.2, 0.25) is 0 Å². The first-order valence-electron chi connectivity index (χ1n) is 8.39. The van der Waals surface area contributed by atoms with Crippen LogP contribution in [-0.2, 0) is 9.59 Å². The van der Waals surface area contributed by atoms with E-state index >= 15 is 0 Å². The van der Waals surface area contributed by atoms with E-state index in [1.165, 1.54) is 12.1 Å². The maximum Gasteiger partial charge on any atom is 0.335 e. The van der Waals surface area contributed by atoms with Gasteiger partial charge in [-0.2, -0.15) is 0 Å². The molecule has 1 saturated heterocycles. The number of rotatable bonds is 4. The minimum atomic E-state index is -0.823. The van der Waals surface area contributed by atoms with Crippen molar-refractivity contribution in [2.45, 2.75) is 20.0 Å². The first kappa shape index (κ1) is 20.1. The number of carbonyl (C=O) groups excluding carboxylic acids is 3. The van der Waals surface area contributed by atoms with Gasteiger partial charge in [0.25, 0.3) is 11.8 Å². The molecule has 0 atom stereocenters. The Morgan fingerprint density at radius 2 is 1.89 bits per heavy atom. The van der Waals surface area contributed by atoms with Gasteiger partial charge < -0.3 is 4.74 Å². The summed E-state index contributed by atoms with van der Waals surface area (Å²) in [5.74, 6) is -0.839. The highest BCUT2D eigenvalue weighted by atomic mass is 79.9. The monoisotopic (exact) mass is 462 g/mol. The molecular formula is C20H16BrClN2O4. The summed E-state index contributed by atoms with van der Waals surface area (Å²) in [5, 5.41) is 2.55. The van der Waals surface area contributed by atoms with Crippen LogP contribution in [0.4, 0.5) is 10.5 Å². The second-order valence-corrected chi connectivity index (χ2v) is 7.58. The molecule has 8 heteroatoms. The van der Waals surface area contributed by atoms with E-state index in [0.29, 0.717) is 20.8 Å². The lowest BCUT2D eigenvalue weighted by molar-refractivity contribution is -0.122. The van der Waals surface area contributed by atoms with Gasteiger partial charge >= 0.3 is 6.03 Å². The Labute approximate surface area is 175 Å². The standard InChI is InChI=1S/C20H16BrClN2O4/c1-11(2)28-17-7-6-12(9-16(17)21)8-15-18(25)23-20(27)24(19(15)26)14-5-3-4-13(22)10-14/h3-11H,1-2H3,(H,23,25,27)/b15-8+. The van der Waals surface area contributed by atoms with Gasteiger partial charge in [-0.15, -0.1) is 0 Å². The van der Waals surface area contributed by atoms with Crippen molar-refractivity contribution in [3.05, 3.63) is 63.1 Å². The van der Waals surface area contributed by atoms with Crippen LogP contribution in [0.25, 0.3) is 6.08 Å². The Morgan fingerprint density at radius 1 is 1.14 bits per heavy atom. The van der Waals surface area contributed by atoms with Crippen molar-refractivity contribution in [1.29, 1.82) is 0 Å². The molecule has 1 heterocycles. The first-order valence-corrected chi connectivity index (χ1v) is 9.56. The highest BCUT2D eigenvalue weighted by Crippen LogP contribution is 2.29. The first-order chi connectivity index (χ1) is 13.3. The number of imide groups is 2. The number of carbonyl (C=O) groups is 3. The molecule has 1 N–H and O–H groups in total. The largest absolute Gasteiger partial charge is 0.490 e. The molecule has 0 bridgehead atoms. The highest BCUT2D eigenvalue weighted by molar-refractivity contribution is 9.10. The van der Waals surface area contributed by atoms with E-state index in [-0.39, 0.29) is 17.4 Å². The van der Waals surface area contributed by atoms with E-state index in [9.17, 15) is 14.4 Å². The lowest BCUT2D eigenvalue weighted by Crippen LogP contribution is -2.54. The average molecular weight is 464 g/mol. The molecule has 0 spiro atoms. The van der Waals surface area contributed by atoms with Crippen molar-refractivity contribution < 1.29 is 19.1 Å². The van der Waals surface area contributed by atoms with Gasteiger partial charge in [0.15, 0.2) is 0 Å². The predicted molar refractivity (Wildman–Crippen MR) is 110 cm³/mol. The quantitative estimate of drug-likeness (QED) is 0.533. The van der Waals surface area contributed by atoms with Crippen LogP contribution >= 0.6 is 27.5 Å². The van der Waals surface area contributed by atoms with Crippen LogP contribution < -0.4 is 15.0 Å². The third kappa shape index (κ3) is 4.26. The Hall–Kier alpha value is -2.64. The summed E-state index contributed by atoms with van der Waals surface area (Å²) >= 11 is 9.37. The van der Waals surface area contributed by atoms with Gasteiger partial charge in [-0.25, -0.2) is 9.69 Å². The molecule has 3 rings (SSSR count). The van der Waals surface area contributed by atoms with Crippen LogP contribution in [0, 0.1) is 0 Å². The Balaban J connectivity index is 1.96. The molecule has 0 aliphatic carbocycles. The molecule has 6 nitrogen and oxygen atoms in total. The summed E-state index contributed by atoms with van der Waals surface area (Å²) in [5.41, 5.74) is 0.709. The Morgan fingerprint density at radius 3 is 2.54 bits per heavy atom. The van der Waals surface area contributed by atoms with Gasteiger partial charge in [0.05, 0.1) is 16.3 Å². The van der Waals surface area contributed by atoms with E-state index in [1.54, 1.807) is 36.4 Å². The zero-order valence-corrected chi connectivity index (χ0v) is 17.4. The van der Waals surface area contributed by atoms with Gasteiger partial charge in [0.1, 0.15) is 11.3 Å². The molecule has 1 aliphatic heterocycles. The summed E-state index contributed by atoms with van der Waals surface area (Å²) < 4.78 is 6.34. The molecule has 28 heavy (non-hydrogen) atoms. The van der Waals surface area contributed by atoms with Gasteiger partial charge in [0, 0.05) is 5.02 Å². The molecule has 144 valence electrons. The molecular weight excluding hydrogens is 448 g/mol. The number of nitrogens with one attached hydrogen (secondary N) is 1.